The van der Waals surface area contributed by atoms with Crippen molar-refractivity contribution in [1.82, 2.24) is 0 Å². The van der Waals surface area contributed by atoms with E-state index in [-0.39, 0.29) is 23.8 Å². The van der Waals surface area contributed by atoms with Gasteiger partial charge in [0.15, 0.2) is 11.6 Å². The van der Waals surface area contributed by atoms with Crippen molar-refractivity contribution >= 4 is 0 Å². The van der Waals surface area contributed by atoms with E-state index in [2.05, 4.69) is 6.92 Å². The third-order valence-electron chi connectivity index (χ3n) is 7.09. The molecule has 2 aliphatic carbocycles. The first-order valence-electron chi connectivity index (χ1n) is 10.8. The van der Waals surface area contributed by atoms with Gasteiger partial charge in [-0.25, -0.2) is 4.39 Å². The summed E-state index contributed by atoms with van der Waals surface area (Å²) in [6.07, 6.45) is 9.77. The lowest BCUT2D eigenvalue weighted by Gasteiger charge is -2.38. The summed E-state index contributed by atoms with van der Waals surface area (Å²) in [7, 11) is 0. The van der Waals surface area contributed by atoms with E-state index in [1.807, 2.05) is 0 Å². The van der Waals surface area contributed by atoms with E-state index < -0.39 is 17.7 Å². The summed E-state index contributed by atoms with van der Waals surface area (Å²) in [5.74, 6) is 0.455. The maximum atomic E-state index is 14.4. The molecule has 2 fully saturated rings. The van der Waals surface area contributed by atoms with E-state index >= 15 is 0 Å². The Morgan fingerprint density at radius 3 is 2.07 bits per heavy atom. The Hall–Kier alpha value is -1.16. The number of aliphatic hydroxyl groups is 1. The van der Waals surface area contributed by atoms with Crippen LogP contribution in [0.2, 0.25) is 0 Å². The average Bonchev–Trinajstić information content (AvgIpc) is 2.71. The summed E-state index contributed by atoms with van der Waals surface area (Å²) < 4.78 is 33.6. The van der Waals surface area contributed by atoms with E-state index in [0.717, 1.165) is 43.4 Å². The highest BCUT2D eigenvalue weighted by atomic mass is 19.2. The number of aliphatic hydroxyl groups excluding tert-OH is 1. The fourth-order valence-corrected chi connectivity index (χ4v) is 5.30. The second-order valence-electron chi connectivity index (χ2n) is 8.52. The number of hydrogen-bond donors (Lipinski definition) is 1. The van der Waals surface area contributed by atoms with Gasteiger partial charge in [-0.15, -0.1) is 0 Å². The van der Waals surface area contributed by atoms with Gasteiger partial charge in [-0.1, -0.05) is 26.2 Å². The molecule has 0 spiro atoms. The largest absolute Gasteiger partial charge is 0.491 e. The zero-order valence-corrected chi connectivity index (χ0v) is 16.7. The molecule has 1 N–H and O–H groups in total. The smallest absolute Gasteiger partial charge is 0.200 e. The van der Waals surface area contributed by atoms with Crippen LogP contribution in [0.5, 0.6) is 5.75 Å². The van der Waals surface area contributed by atoms with Crippen molar-refractivity contribution in [3.8, 4) is 5.75 Å². The fraction of sp³-hybridized carbons (Fsp3) is 0.739. The summed E-state index contributed by atoms with van der Waals surface area (Å²) in [5, 5.41) is 10.7. The maximum absolute atomic E-state index is 14.4. The molecule has 1 aromatic carbocycles. The van der Waals surface area contributed by atoms with Gasteiger partial charge in [0.2, 0.25) is 5.82 Å². The summed E-state index contributed by atoms with van der Waals surface area (Å²) in [4.78, 5) is 0. The molecule has 2 nitrogen and oxygen atoms in total. The molecule has 0 amide bonds. The summed E-state index contributed by atoms with van der Waals surface area (Å²) in [6, 6.07) is 2.91. The van der Waals surface area contributed by atoms with Gasteiger partial charge in [0.05, 0.1) is 12.7 Å². The van der Waals surface area contributed by atoms with Crippen molar-refractivity contribution in [2.45, 2.75) is 77.7 Å². The Balaban J connectivity index is 1.57. The predicted octanol–water partition coefficient (Wildman–Crippen LogP) is 6.42. The highest BCUT2D eigenvalue weighted by Gasteiger charge is 2.34. The van der Waals surface area contributed by atoms with Gasteiger partial charge < -0.3 is 9.84 Å². The summed E-state index contributed by atoms with van der Waals surface area (Å²) in [6.45, 7) is 4.30. The lowest BCUT2D eigenvalue weighted by atomic mass is 9.68. The molecule has 3 rings (SSSR count). The monoisotopic (exact) mass is 380 g/mol. The maximum Gasteiger partial charge on any atom is 0.200 e. The van der Waals surface area contributed by atoms with Gasteiger partial charge in [-0.2, -0.15) is 4.39 Å². The number of ether oxygens (including phenoxy) is 1. The number of hydrogen-bond acceptors (Lipinski definition) is 2. The zero-order valence-electron chi connectivity index (χ0n) is 16.7. The Morgan fingerprint density at radius 2 is 1.52 bits per heavy atom. The molecule has 2 aliphatic rings. The Bertz CT molecular complexity index is 603. The van der Waals surface area contributed by atoms with Crippen molar-refractivity contribution in [3.05, 3.63) is 29.3 Å². The number of halogens is 2. The second kappa shape index (κ2) is 9.36. The van der Waals surface area contributed by atoms with Gasteiger partial charge in [0.1, 0.15) is 0 Å². The van der Waals surface area contributed by atoms with Crippen molar-refractivity contribution in [2.75, 3.05) is 6.61 Å². The fourth-order valence-electron chi connectivity index (χ4n) is 5.30. The van der Waals surface area contributed by atoms with Crippen LogP contribution in [-0.2, 0) is 0 Å². The molecule has 0 heterocycles. The molecule has 1 aromatic rings. The molecule has 152 valence electrons. The minimum Gasteiger partial charge on any atom is -0.491 e. The Morgan fingerprint density at radius 1 is 0.926 bits per heavy atom. The van der Waals surface area contributed by atoms with E-state index in [0.29, 0.717) is 0 Å². The Labute approximate surface area is 162 Å². The van der Waals surface area contributed by atoms with Crippen molar-refractivity contribution in [3.63, 3.8) is 0 Å². The van der Waals surface area contributed by atoms with E-state index in [4.69, 9.17) is 4.74 Å². The van der Waals surface area contributed by atoms with Crippen LogP contribution >= 0.6 is 0 Å². The minimum absolute atomic E-state index is 0.0140. The van der Waals surface area contributed by atoms with Crippen LogP contribution in [0.1, 0.15) is 83.3 Å². The molecule has 1 unspecified atom stereocenters. The highest BCUT2D eigenvalue weighted by Crippen LogP contribution is 2.45. The molecule has 4 heteroatoms. The summed E-state index contributed by atoms with van der Waals surface area (Å²) >= 11 is 0. The van der Waals surface area contributed by atoms with E-state index in [9.17, 15) is 13.9 Å². The third-order valence-corrected chi connectivity index (χ3v) is 7.09. The number of rotatable bonds is 6. The average molecular weight is 381 g/mol. The van der Waals surface area contributed by atoms with Crippen LogP contribution in [0.25, 0.3) is 0 Å². The molecule has 2 saturated carbocycles. The lowest BCUT2D eigenvalue weighted by Crippen LogP contribution is -2.28. The molecule has 27 heavy (non-hydrogen) atoms. The predicted molar refractivity (Wildman–Crippen MR) is 104 cm³/mol. The van der Waals surface area contributed by atoms with Crippen molar-refractivity contribution in [2.24, 2.45) is 23.7 Å². The SMILES string of the molecule is CCOc1ccc(C(O)C2CCC(C3CCC(CC)CC3)CC2)c(F)c1F. The molecule has 0 aromatic heterocycles. The Kier molecular flexibility index (Phi) is 7.13. The summed E-state index contributed by atoms with van der Waals surface area (Å²) in [5.41, 5.74) is 0.0721. The van der Waals surface area contributed by atoms with Crippen molar-refractivity contribution < 1.29 is 18.6 Å². The van der Waals surface area contributed by atoms with Gasteiger partial charge >= 0.3 is 0 Å². The second-order valence-corrected chi connectivity index (χ2v) is 8.52. The first kappa shape index (κ1) is 20.6. The van der Waals surface area contributed by atoms with E-state index in [1.54, 1.807) is 6.92 Å². The van der Waals surface area contributed by atoms with Crippen LogP contribution < -0.4 is 4.74 Å². The van der Waals surface area contributed by atoms with Crippen LogP contribution in [0, 0.1) is 35.3 Å². The zero-order chi connectivity index (χ0) is 19.4. The lowest BCUT2D eigenvalue weighted by molar-refractivity contribution is 0.0536. The van der Waals surface area contributed by atoms with E-state index in [1.165, 1.54) is 44.2 Å². The van der Waals surface area contributed by atoms with Crippen molar-refractivity contribution in [1.29, 1.82) is 0 Å². The van der Waals surface area contributed by atoms with Crippen LogP contribution in [0.3, 0.4) is 0 Å². The highest BCUT2D eigenvalue weighted by molar-refractivity contribution is 5.32. The quantitative estimate of drug-likeness (QED) is 0.617. The molecule has 0 radical (unpaired) electrons. The molecule has 1 atom stereocenters. The molecule has 0 bridgehead atoms. The van der Waals surface area contributed by atoms with Gasteiger partial charge in [-0.05, 0) is 81.3 Å². The topological polar surface area (TPSA) is 29.5 Å². The van der Waals surface area contributed by atoms with Gasteiger partial charge in [0.25, 0.3) is 0 Å². The molecule has 0 aliphatic heterocycles. The third kappa shape index (κ3) is 4.64. The van der Waals surface area contributed by atoms with Gasteiger partial charge in [0, 0.05) is 5.56 Å². The first-order valence-corrected chi connectivity index (χ1v) is 10.8. The van der Waals surface area contributed by atoms with Crippen LogP contribution in [0.4, 0.5) is 8.78 Å². The normalized spacial score (nSPS) is 30.1. The van der Waals surface area contributed by atoms with Crippen LogP contribution in [-0.4, -0.2) is 11.7 Å². The molecular formula is C23H34F2O2. The van der Waals surface area contributed by atoms with Gasteiger partial charge in [-0.3, -0.25) is 0 Å². The number of benzene rings is 1. The molecule has 0 saturated heterocycles. The minimum atomic E-state index is -0.991. The first-order chi connectivity index (χ1) is 13.0. The van der Waals surface area contributed by atoms with Crippen LogP contribution in [0.15, 0.2) is 12.1 Å². The molecular weight excluding hydrogens is 346 g/mol. The standard InChI is InChI=1S/C23H34F2O2/c1-3-15-5-7-16(8-6-15)17-9-11-18(12-10-17)23(26)19-13-14-20(27-4-2)22(25)21(19)24/h13-18,23,26H,3-12H2,1-2H3.